The van der Waals surface area contributed by atoms with Crippen LogP contribution in [0, 0.1) is 35.5 Å². The van der Waals surface area contributed by atoms with Crippen LogP contribution in [0.15, 0.2) is 0 Å². The highest BCUT2D eigenvalue weighted by Crippen LogP contribution is 2.45. The first-order valence-electron chi connectivity index (χ1n) is 7.02. The second kappa shape index (κ2) is 5.80. The minimum atomic E-state index is 0.620. The van der Waals surface area contributed by atoms with E-state index in [0.29, 0.717) is 5.25 Å². The number of rotatable bonds is 3. The van der Waals surface area contributed by atoms with E-state index in [1.807, 2.05) is 0 Å². The van der Waals surface area contributed by atoms with Crippen molar-refractivity contribution < 1.29 is 0 Å². The Hall–Kier alpha value is 0.350. The van der Waals surface area contributed by atoms with E-state index in [0.717, 1.165) is 35.5 Å². The lowest BCUT2D eigenvalue weighted by molar-refractivity contribution is 0.111. The first-order chi connectivity index (χ1) is 7.34. The maximum absolute atomic E-state index is 4.94. The van der Waals surface area contributed by atoms with Crippen molar-refractivity contribution in [1.82, 2.24) is 0 Å². The third-order valence-corrected chi connectivity index (χ3v) is 5.45. The zero-order valence-corrected chi connectivity index (χ0v) is 12.8. The van der Waals surface area contributed by atoms with Gasteiger partial charge in [-0.1, -0.05) is 41.5 Å². The van der Waals surface area contributed by atoms with E-state index >= 15 is 0 Å². The van der Waals surface area contributed by atoms with Gasteiger partial charge in [0.2, 0.25) is 0 Å². The van der Waals surface area contributed by atoms with Gasteiger partial charge >= 0.3 is 0 Å². The molecule has 0 saturated heterocycles. The van der Waals surface area contributed by atoms with E-state index in [1.165, 1.54) is 12.8 Å². The molecule has 16 heavy (non-hydrogen) atoms. The Morgan fingerprint density at radius 3 is 1.38 bits per heavy atom. The molecule has 0 heterocycles. The lowest BCUT2D eigenvalue weighted by Gasteiger charge is -2.45. The van der Waals surface area contributed by atoms with Gasteiger partial charge in [-0.05, 0) is 48.3 Å². The summed E-state index contributed by atoms with van der Waals surface area (Å²) < 4.78 is 0. The zero-order valence-electron chi connectivity index (χ0n) is 11.9. The largest absolute Gasteiger partial charge is 0.175 e. The molecule has 1 fully saturated rings. The summed E-state index contributed by atoms with van der Waals surface area (Å²) in [6.45, 7) is 14.3. The molecule has 1 heteroatoms. The molecule has 1 aliphatic carbocycles. The van der Waals surface area contributed by atoms with Gasteiger partial charge in [-0.15, -0.1) is 0 Å². The molecule has 0 N–H and O–H groups in total. The highest BCUT2D eigenvalue weighted by molar-refractivity contribution is 7.81. The second-order valence-corrected chi connectivity index (χ2v) is 7.38. The monoisotopic (exact) mass is 242 g/mol. The Labute approximate surface area is 108 Å². The summed E-state index contributed by atoms with van der Waals surface area (Å²) in [6, 6.07) is 0. The molecule has 1 saturated carbocycles. The van der Waals surface area contributed by atoms with Gasteiger partial charge in [0, 0.05) is 5.25 Å². The Bertz CT molecular complexity index is 189. The van der Waals surface area contributed by atoms with Gasteiger partial charge in [-0.2, -0.15) is 12.6 Å². The number of thiol groups is 1. The highest BCUT2D eigenvalue weighted by atomic mass is 32.1. The predicted molar refractivity (Wildman–Crippen MR) is 77.0 cm³/mol. The normalized spacial score (nSPS) is 36.4. The van der Waals surface area contributed by atoms with E-state index < -0.39 is 0 Å². The van der Waals surface area contributed by atoms with Gasteiger partial charge in [0.1, 0.15) is 0 Å². The molecule has 0 bridgehead atoms. The molecule has 0 nitrogen and oxygen atoms in total. The van der Waals surface area contributed by atoms with Crippen molar-refractivity contribution in [3.05, 3.63) is 0 Å². The summed E-state index contributed by atoms with van der Waals surface area (Å²) in [5.41, 5.74) is 0. The summed E-state index contributed by atoms with van der Waals surface area (Å²) in [4.78, 5) is 0. The van der Waals surface area contributed by atoms with Crippen LogP contribution >= 0.6 is 12.6 Å². The Balaban J connectivity index is 2.80. The van der Waals surface area contributed by atoms with E-state index in [2.05, 4.69) is 41.5 Å². The van der Waals surface area contributed by atoms with Crippen molar-refractivity contribution in [3.63, 3.8) is 0 Å². The summed E-state index contributed by atoms with van der Waals surface area (Å²) >= 11 is 4.94. The number of hydrogen-bond acceptors (Lipinski definition) is 1. The Morgan fingerprint density at radius 1 is 0.750 bits per heavy atom. The summed E-state index contributed by atoms with van der Waals surface area (Å²) in [6.07, 6.45) is 2.79. The molecule has 1 aliphatic rings. The van der Waals surface area contributed by atoms with E-state index in [1.54, 1.807) is 0 Å². The van der Waals surface area contributed by atoms with E-state index in [9.17, 15) is 0 Å². The van der Waals surface area contributed by atoms with Gasteiger partial charge in [-0.25, -0.2) is 0 Å². The Morgan fingerprint density at radius 2 is 1.12 bits per heavy atom. The summed E-state index contributed by atoms with van der Waals surface area (Å²) in [5, 5.41) is 0.620. The van der Waals surface area contributed by atoms with Crippen LogP contribution in [0.4, 0.5) is 0 Å². The van der Waals surface area contributed by atoms with Crippen LogP contribution in [0.3, 0.4) is 0 Å². The molecule has 0 radical (unpaired) electrons. The predicted octanol–water partition coefficient (Wildman–Crippen LogP) is 4.90. The molecule has 2 unspecified atom stereocenters. The quantitative estimate of drug-likeness (QED) is 0.669. The number of hydrogen-bond donors (Lipinski definition) is 1. The van der Waals surface area contributed by atoms with E-state index in [-0.39, 0.29) is 0 Å². The van der Waals surface area contributed by atoms with Crippen LogP contribution in [0.1, 0.15) is 54.4 Å². The van der Waals surface area contributed by atoms with Gasteiger partial charge in [0.25, 0.3) is 0 Å². The van der Waals surface area contributed by atoms with Crippen LogP contribution in [-0.4, -0.2) is 5.25 Å². The Kier molecular flexibility index (Phi) is 5.22. The molecule has 0 spiro atoms. The molecule has 0 aliphatic heterocycles. The highest BCUT2D eigenvalue weighted by Gasteiger charge is 2.39. The van der Waals surface area contributed by atoms with Crippen LogP contribution < -0.4 is 0 Å². The summed E-state index contributed by atoms with van der Waals surface area (Å²) in [5.74, 6) is 4.95. The average Bonchev–Trinajstić information content (AvgIpc) is 2.16. The van der Waals surface area contributed by atoms with Crippen molar-refractivity contribution >= 4 is 12.6 Å². The fourth-order valence-corrected chi connectivity index (χ4v) is 4.20. The van der Waals surface area contributed by atoms with Crippen molar-refractivity contribution in [2.45, 2.75) is 59.6 Å². The van der Waals surface area contributed by atoms with Gasteiger partial charge < -0.3 is 0 Å². The first-order valence-corrected chi connectivity index (χ1v) is 7.54. The molecule has 1 rings (SSSR count). The van der Waals surface area contributed by atoms with E-state index in [4.69, 9.17) is 12.6 Å². The molecule has 0 amide bonds. The van der Waals surface area contributed by atoms with Crippen molar-refractivity contribution in [3.8, 4) is 0 Å². The maximum Gasteiger partial charge on any atom is 0.00784 e. The molecule has 0 aromatic heterocycles. The summed E-state index contributed by atoms with van der Waals surface area (Å²) in [7, 11) is 0. The van der Waals surface area contributed by atoms with Crippen LogP contribution in [0.5, 0.6) is 0 Å². The molecular weight excluding hydrogens is 212 g/mol. The smallest absolute Gasteiger partial charge is 0.00784 e. The molecule has 0 aromatic rings. The SMILES string of the molecule is CC(C)C1CC(C(C)C)C(S)C(C(C)C)C1. The van der Waals surface area contributed by atoms with Crippen LogP contribution in [0.25, 0.3) is 0 Å². The van der Waals surface area contributed by atoms with Crippen molar-refractivity contribution in [2.75, 3.05) is 0 Å². The standard InChI is InChI=1S/C15H30S/c1-9(2)12-7-13(10(3)4)15(16)14(8-12)11(5)6/h9-16H,7-8H2,1-6H3. The van der Waals surface area contributed by atoms with Crippen LogP contribution in [-0.2, 0) is 0 Å². The second-order valence-electron chi connectivity index (χ2n) is 6.78. The molecule has 96 valence electrons. The molecular formula is C15H30S. The fraction of sp³-hybridized carbons (Fsp3) is 1.00. The fourth-order valence-electron chi connectivity index (χ4n) is 3.27. The van der Waals surface area contributed by atoms with Gasteiger partial charge in [0.15, 0.2) is 0 Å². The minimum absolute atomic E-state index is 0.620. The molecule has 0 aromatic carbocycles. The topological polar surface area (TPSA) is 0 Å². The van der Waals surface area contributed by atoms with Crippen LogP contribution in [0.2, 0.25) is 0 Å². The minimum Gasteiger partial charge on any atom is -0.175 e. The third-order valence-electron chi connectivity index (χ3n) is 4.68. The van der Waals surface area contributed by atoms with Crippen molar-refractivity contribution in [2.24, 2.45) is 35.5 Å². The lowest BCUT2D eigenvalue weighted by atomic mass is 9.65. The molecule has 2 atom stereocenters. The third kappa shape index (κ3) is 3.18. The van der Waals surface area contributed by atoms with Crippen molar-refractivity contribution in [1.29, 1.82) is 0 Å². The average molecular weight is 242 g/mol. The lowest BCUT2D eigenvalue weighted by Crippen LogP contribution is -2.40. The maximum atomic E-state index is 4.94. The first kappa shape index (κ1) is 14.4. The van der Waals surface area contributed by atoms with Gasteiger partial charge in [-0.3, -0.25) is 0 Å². The van der Waals surface area contributed by atoms with Gasteiger partial charge in [0.05, 0.1) is 0 Å². The zero-order chi connectivity index (χ0) is 12.5.